The summed E-state index contributed by atoms with van der Waals surface area (Å²) in [6.07, 6.45) is 4.32. The molecular weight excluding hydrogens is 420 g/mol. The standard InChI is InChI=1S/C23H23ClN2O5/c24-17-4-1-3-16(15-17)21-20(19(27)7-6-18-5-2-12-31-18)22(28)23(29)26(21)9-8-25-10-13-30-14-11-25/h1-7,12,15,21,28H,8-11,13-14H2/b7-6+. The number of hydrogen-bond acceptors (Lipinski definition) is 6. The molecule has 162 valence electrons. The minimum Gasteiger partial charge on any atom is -0.503 e. The van der Waals surface area contributed by atoms with E-state index in [-0.39, 0.29) is 5.57 Å². The number of ketones is 1. The lowest BCUT2D eigenvalue weighted by Gasteiger charge is -2.31. The second-order valence-corrected chi connectivity index (χ2v) is 7.82. The van der Waals surface area contributed by atoms with Crippen LogP contribution >= 0.6 is 11.6 Å². The summed E-state index contributed by atoms with van der Waals surface area (Å²) < 4.78 is 10.6. The number of carbonyl (C=O) groups excluding carboxylic acids is 2. The van der Waals surface area contributed by atoms with Gasteiger partial charge in [0.1, 0.15) is 5.76 Å². The maximum absolute atomic E-state index is 13.0. The van der Waals surface area contributed by atoms with Crippen LogP contribution in [-0.4, -0.2) is 66.0 Å². The molecule has 1 atom stereocenters. The molecule has 31 heavy (non-hydrogen) atoms. The van der Waals surface area contributed by atoms with Crippen LogP contribution in [0.3, 0.4) is 0 Å². The van der Waals surface area contributed by atoms with Crippen LogP contribution in [0.25, 0.3) is 6.08 Å². The topological polar surface area (TPSA) is 83.2 Å². The Morgan fingerprint density at radius 3 is 2.71 bits per heavy atom. The SMILES string of the molecule is O=C(/C=C/c1ccco1)C1=C(O)C(=O)N(CCN2CCOCC2)C1c1cccc(Cl)c1. The molecule has 0 spiro atoms. The molecule has 2 aromatic rings. The maximum atomic E-state index is 13.0. The molecule has 2 aliphatic rings. The third kappa shape index (κ3) is 4.74. The van der Waals surface area contributed by atoms with Gasteiger partial charge in [-0.25, -0.2) is 0 Å². The Kier molecular flexibility index (Phi) is 6.56. The molecule has 8 heteroatoms. The lowest BCUT2D eigenvalue weighted by Crippen LogP contribution is -2.43. The minimum absolute atomic E-state index is 0.0389. The summed E-state index contributed by atoms with van der Waals surface area (Å²) in [5.74, 6) is -1.05. The van der Waals surface area contributed by atoms with E-state index < -0.39 is 23.5 Å². The molecule has 1 aromatic heterocycles. The number of aliphatic hydroxyl groups is 1. The molecule has 1 aromatic carbocycles. The van der Waals surface area contributed by atoms with Gasteiger partial charge in [-0.15, -0.1) is 0 Å². The van der Waals surface area contributed by atoms with E-state index in [0.29, 0.717) is 42.6 Å². The number of furan rings is 1. The number of ether oxygens (including phenoxy) is 1. The summed E-state index contributed by atoms with van der Waals surface area (Å²) in [6.45, 7) is 3.83. The first-order chi connectivity index (χ1) is 15.0. The largest absolute Gasteiger partial charge is 0.503 e. The van der Waals surface area contributed by atoms with Crippen molar-refractivity contribution in [3.63, 3.8) is 0 Å². The fourth-order valence-electron chi connectivity index (χ4n) is 3.87. The number of rotatable bonds is 7. The smallest absolute Gasteiger partial charge is 0.290 e. The summed E-state index contributed by atoms with van der Waals surface area (Å²) in [5.41, 5.74) is 0.707. The molecule has 4 rings (SSSR count). The summed E-state index contributed by atoms with van der Waals surface area (Å²) >= 11 is 6.18. The summed E-state index contributed by atoms with van der Waals surface area (Å²) in [5, 5.41) is 11.1. The van der Waals surface area contributed by atoms with Gasteiger partial charge >= 0.3 is 0 Å². The first kappa shape index (κ1) is 21.4. The predicted molar refractivity (Wildman–Crippen MR) is 116 cm³/mol. The van der Waals surface area contributed by atoms with Crippen LogP contribution < -0.4 is 0 Å². The second kappa shape index (κ2) is 9.51. The van der Waals surface area contributed by atoms with Crippen LogP contribution in [0.15, 0.2) is 64.5 Å². The van der Waals surface area contributed by atoms with Crippen molar-refractivity contribution in [2.75, 3.05) is 39.4 Å². The number of morpholine rings is 1. The lowest BCUT2D eigenvalue weighted by atomic mass is 9.96. The highest BCUT2D eigenvalue weighted by Gasteiger charge is 2.42. The van der Waals surface area contributed by atoms with Gasteiger partial charge in [-0.05, 0) is 42.0 Å². The Morgan fingerprint density at radius 1 is 1.19 bits per heavy atom. The summed E-state index contributed by atoms with van der Waals surface area (Å²) in [6, 6.07) is 9.70. The molecule has 0 bridgehead atoms. The van der Waals surface area contributed by atoms with Gasteiger partial charge < -0.3 is 19.2 Å². The number of allylic oxidation sites excluding steroid dienone is 1. The van der Waals surface area contributed by atoms with E-state index in [1.54, 1.807) is 36.4 Å². The number of aliphatic hydroxyl groups excluding tert-OH is 1. The molecule has 0 radical (unpaired) electrons. The van der Waals surface area contributed by atoms with Gasteiger partial charge in [0.15, 0.2) is 11.5 Å². The zero-order valence-corrected chi connectivity index (χ0v) is 17.6. The zero-order valence-electron chi connectivity index (χ0n) is 16.9. The zero-order chi connectivity index (χ0) is 21.8. The number of hydrogen-bond donors (Lipinski definition) is 1. The van der Waals surface area contributed by atoms with Crippen LogP contribution in [0.5, 0.6) is 0 Å². The van der Waals surface area contributed by atoms with Gasteiger partial charge in [-0.2, -0.15) is 0 Å². The Balaban J connectivity index is 1.62. The van der Waals surface area contributed by atoms with E-state index in [1.165, 1.54) is 23.3 Å². The third-order valence-electron chi connectivity index (χ3n) is 5.44. The molecule has 0 saturated carbocycles. The summed E-state index contributed by atoms with van der Waals surface area (Å²) in [4.78, 5) is 29.7. The first-order valence-corrected chi connectivity index (χ1v) is 10.5. The molecular formula is C23H23ClN2O5. The molecule has 1 N–H and O–H groups in total. The Morgan fingerprint density at radius 2 is 2.00 bits per heavy atom. The average Bonchev–Trinajstić information content (AvgIpc) is 3.38. The van der Waals surface area contributed by atoms with Crippen molar-refractivity contribution >= 4 is 29.4 Å². The van der Waals surface area contributed by atoms with Crippen molar-refractivity contribution in [3.8, 4) is 0 Å². The Bertz CT molecular complexity index is 1010. The van der Waals surface area contributed by atoms with E-state index >= 15 is 0 Å². The number of carbonyl (C=O) groups is 2. The van der Waals surface area contributed by atoms with Crippen LogP contribution in [0.2, 0.25) is 5.02 Å². The maximum Gasteiger partial charge on any atom is 0.290 e. The number of nitrogens with zero attached hydrogens (tertiary/aromatic N) is 2. The van der Waals surface area contributed by atoms with E-state index in [9.17, 15) is 14.7 Å². The van der Waals surface area contributed by atoms with Crippen LogP contribution in [0.1, 0.15) is 17.4 Å². The van der Waals surface area contributed by atoms with E-state index in [4.69, 9.17) is 20.8 Å². The number of halogens is 1. The highest BCUT2D eigenvalue weighted by molar-refractivity contribution is 6.30. The number of benzene rings is 1. The number of amides is 1. The van der Waals surface area contributed by atoms with Gasteiger partial charge in [0.25, 0.3) is 5.91 Å². The molecule has 3 heterocycles. The van der Waals surface area contributed by atoms with Gasteiger partial charge in [-0.1, -0.05) is 23.7 Å². The normalized spacial score (nSPS) is 20.2. The fraction of sp³-hybridized carbons (Fsp3) is 0.304. The van der Waals surface area contributed by atoms with Crippen molar-refractivity contribution in [1.82, 2.24) is 9.80 Å². The molecule has 1 unspecified atom stereocenters. The van der Waals surface area contributed by atoms with Crippen molar-refractivity contribution in [3.05, 3.63) is 76.4 Å². The van der Waals surface area contributed by atoms with Crippen LogP contribution in [-0.2, 0) is 14.3 Å². The lowest BCUT2D eigenvalue weighted by molar-refractivity contribution is -0.129. The quantitative estimate of drug-likeness (QED) is 0.663. The second-order valence-electron chi connectivity index (χ2n) is 7.39. The summed E-state index contributed by atoms with van der Waals surface area (Å²) in [7, 11) is 0. The molecule has 1 amide bonds. The van der Waals surface area contributed by atoms with Crippen molar-refractivity contribution < 1.29 is 23.8 Å². The Hall–Kier alpha value is -2.87. The van der Waals surface area contributed by atoms with E-state index in [1.807, 2.05) is 0 Å². The highest BCUT2D eigenvalue weighted by atomic mass is 35.5. The predicted octanol–water partition coefficient (Wildman–Crippen LogP) is 3.24. The molecule has 2 aliphatic heterocycles. The fourth-order valence-corrected chi connectivity index (χ4v) is 4.07. The molecule has 1 fully saturated rings. The van der Waals surface area contributed by atoms with Crippen molar-refractivity contribution in [2.24, 2.45) is 0 Å². The highest BCUT2D eigenvalue weighted by Crippen LogP contribution is 2.38. The third-order valence-corrected chi connectivity index (χ3v) is 5.67. The molecule has 1 saturated heterocycles. The van der Waals surface area contributed by atoms with Gasteiger partial charge in [-0.3, -0.25) is 14.5 Å². The minimum atomic E-state index is -0.721. The van der Waals surface area contributed by atoms with Gasteiger partial charge in [0.2, 0.25) is 0 Å². The molecule has 0 aliphatic carbocycles. The van der Waals surface area contributed by atoms with Gasteiger partial charge in [0.05, 0.1) is 31.1 Å². The van der Waals surface area contributed by atoms with E-state index in [2.05, 4.69) is 4.90 Å². The Labute approximate surface area is 185 Å². The monoisotopic (exact) mass is 442 g/mol. The average molecular weight is 443 g/mol. The van der Waals surface area contributed by atoms with Crippen molar-refractivity contribution in [2.45, 2.75) is 6.04 Å². The van der Waals surface area contributed by atoms with Crippen molar-refractivity contribution in [1.29, 1.82) is 0 Å². The first-order valence-electron chi connectivity index (χ1n) is 10.1. The molecule has 7 nitrogen and oxygen atoms in total. The van der Waals surface area contributed by atoms with Crippen LogP contribution in [0.4, 0.5) is 0 Å². The van der Waals surface area contributed by atoms with E-state index in [0.717, 1.165) is 13.1 Å². The van der Waals surface area contributed by atoms with Gasteiger partial charge in [0, 0.05) is 31.2 Å². The van der Waals surface area contributed by atoms with Crippen LogP contribution in [0, 0.1) is 0 Å².